The lowest BCUT2D eigenvalue weighted by molar-refractivity contribution is 0.265. The van der Waals surface area contributed by atoms with Crippen molar-refractivity contribution in [1.29, 1.82) is 0 Å². The maximum atomic E-state index is 12.0. The van der Waals surface area contributed by atoms with E-state index in [0.717, 1.165) is 32.1 Å². The minimum atomic E-state index is -3.29. The van der Waals surface area contributed by atoms with Crippen molar-refractivity contribution in [2.24, 2.45) is 5.73 Å². The molecule has 1 aliphatic heterocycles. The van der Waals surface area contributed by atoms with Crippen LogP contribution in [0.2, 0.25) is 0 Å². The molecular weight excluding hydrogens is 238 g/mol. The van der Waals surface area contributed by atoms with E-state index in [4.69, 9.17) is 5.73 Å². The summed E-state index contributed by atoms with van der Waals surface area (Å²) in [4.78, 5) is 0. The summed E-state index contributed by atoms with van der Waals surface area (Å²) in [6.07, 6.45) is 4.68. The van der Waals surface area contributed by atoms with Crippen LogP contribution in [-0.4, -0.2) is 37.9 Å². The number of hydrogen-bond donors (Lipinski definition) is 2. The molecular formula is C11H25N3O2S. The Bertz CT molecular complexity index is 317. The third-order valence-electron chi connectivity index (χ3n) is 3.17. The Labute approximate surface area is 105 Å². The van der Waals surface area contributed by atoms with Gasteiger partial charge >= 0.3 is 0 Å². The van der Waals surface area contributed by atoms with Crippen molar-refractivity contribution in [2.45, 2.75) is 58.0 Å². The van der Waals surface area contributed by atoms with Crippen molar-refractivity contribution in [3.05, 3.63) is 0 Å². The molecule has 2 unspecified atom stereocenters. The van der Waals surface area contributed by atoms with Crippen LogP contribution in [0.15, 0.2) is 0 Å². The molecule has 1 rings (SSSR count). The zero-order chi connectivity index (χ0) is 12.9. The third kappa shape index (κ3) is 4.91. The van der Waals surface area contributed by atoms with E-state index in [2.05, 4.69) is 4.72 Å². The van der Waals surface area contributed by atoms with Crippen molar-refractivity contribution in [3.63, 3.8) is 0 Å². The molecule has 2 atom stereocenters. The molecule has 0 spiro atoms. The Morgan fingerprint density at radius 2 is 2.18 bits per heavy atom. The van der Waals surface area contributed by atoms with E-state index in [1.165, 1.54) is 0 Å². The first-order valence-corrected chi connectivity index (χ1v) is 7.89. The second-order valence-corrected chi connectivity index (χ2v) is 6.68. The minimum absolute atomic E-state index is 0.120. The monoisotopic (exact) mass is 263 g/mol. The lowest BCUT2D eigenvalue weighted by Gasteiger charge is -2.32. The smallest absolute Gasteiger partial charge is 0.279 e. The van der Waals surface area contributed by atoms with Gasteiger partial charge in [0.2, 0.25) is 0 Å². The summed E-state index contributed by atoms with van der Waals surface area (Å²) < 4.78 is 28.3. The first kappa shape index (κ1) is 14.9. The highest BCUT2D eigenvalue weighted by Crippen LogP contribution is 2.18. The lowest BCUT2D eigenvalue weighted by Crippen LogP contribution is -2.48. The van der Waals surface area contributed by atoms with E-state index in [9.17, 15) is 8.42 Å². The van der Waals surface area contributed by atoms with Crippen LogP contribution in [0.3, 0.4) is 0 Å². The highest BCUT2D eigenvalue weighted by atomic mass is 32.2. The van der Waals surface area contributed by atoms with Crippen LogP contribution in [-0.2, 0) is 10.2 Å². The van der Waals surface area contributed by atoms with Gasteiger partial charge in [-0.05, 0) is 39.5 Å². The molecule has 17 heavy (non-hydrogen) atoms. The van der Waals surface area contributed by atoms with Gasteiger partial charge < -0.3 is 5.73 Å². The van der Waals surface area contributed by atoms with Crippen molar-refractivity contribution >= 4 is 10.2 Å². The normalized spacial score (nSPS) is 24.8. The summed E-state index contributed by atoms with van der Waals surface area (Å²) in [5.74, 6) is 0. The number of rotatable bonds is 6. The maximum Gasteiger partial charge on any atom is 0.279 e. The lowest BCUT2D eigenvalue weighted by atomic mass is 10.1. The van der Waals surface area contributed by atoms with Crippen LogP contribution in [0, 0.1) is 0 Å². The molecule has 1 aliphatic rings. The van der Waals surface area contributed by atoms with E-state index in [1.807, 2.05) is 13.8 Å². The summed E-state index contributed by atoms with van der Waals surface area (Å²) in [5, 5.41) is 0. The van der Waals surface area contributed by atoms with Gasteiger partial charge in [0.25, 0.3) is 10.2 Å². The maximum absolute atomic E-state index is 12.0. The molecule has 6 heteroatoms. The van der Waals surface area contributed by atoms with Crippen LogP contribution in [0.5, 0.6) is 0 Å². The summed E-state index contributed by atoms with van der Waals surface area (Å²) in [5.41, 5.74) is 5.62. The molecule has 102 valence electrons. The van der Waals surface area contributed by atoms with Crippen molar-refractivity contribution < 1.29 is 8.42 Å². The van der Waals surface area contributed by atoms with Crippen LogP contribution in [0.25, 0.3) is 0 Å². The minimum Gasteiger partial charge on any atom is -0.328 e. The van der Waals surface area contributed by atoms with Gasteiger partial charge in [0, 0.05) is 25.2 Å². The molecule has 0 aromatic rings. The van der Waals surface area contributed by atoms with Crippen LogP contribution in [0.4, 0.5) is 0 Å². The third-order valence-corrected chi connectivity index (χ3v) is 4.90. The Morgan fingerprint density at radius 3 is 2.76 bits per heavy atom. The summed E-state index contributed by atoms with van der Waals surface area (Å²) in [7, 11) is -3.29. The molecule has 0 radical (unpaired) electrons. The zero-order valence-electron chi connectivity index (χ0n) is 10.9. The molecule has 1 fully saturated rings. The number of nitrogens with two attached hydrogens (primary N) is 1. The van der Waals surface area contributed by atoms with Gasteiger partial charge in [-0.1, -0.05) is 6.42 Å². The highest BCUT2D eigenvalue weighted by molar-refractivity contribution is 7.87. The number of hydrogen-bond acceptors (Lipinski definition) is 3. The fourth-order valence-corrected chi connectivity index (χ4v) is 3.65. The second kappa shape index (κ2) is 6.68. The Hall–Kier alpha value is -0.170. The first-order valence-electron chi connectivity index (χ1n) is 6.45. The largest absolute Gasteiger partial charge is 0.328 e. The van der Waals surface area contributed by atoms with E-state index in [0.29, 0.717) is 13.1 Å². The van der Waals surface area contributed by atoms with Gasteiger partial charge in [-0.15, -0.1) is 0 Å². The van der Waals surface area contributed by atoms with Gasteiger partial charge in [0.1, 0.15) is 0 Å². The fourth-order valence-electron chi connectivity index (χ4n) is 2.14. The molecule has 0 saturated carbocycles. The van der Waals surface area contributed by atoms with Gasteiger partial charge in [-0.3, -0.25) is 0 Å². The predicted octanol–water partition coefficient (Wildman–Crippen LogP) is 0.823. The Balaban J connectivity index is 2.39. The van der Waals surface area contributed by atoms with Gasteiger partial charge in [0.05, 0.1) is 0 Å². The second-order valence-electron chi connectivity index (χ2n) is 4.97. The number of piperidine rings is 1. The molecule has 0 amide bonds. The molecule has 3 N–H and O–H groups in total. The summed E-state index contributed by atoms with van der Waals surface area (Å²) in [6.45, 7) is 5.03. The molecule has 1 saturated heterocycles. The van der Waals surface area contributed by atoms with E-state index in [-0.39, 0.29) is 12.1 Å². The summed E-state index contributed by atoms with van der Waals surface area (Å²) in [6, 6.07) is 0.253. The van der Waals surface area contributed by atoms with Crippen LogP contribution in [0.1, 0.15) is 46.0 Å². The number of nitrogens with zero attached hydrogens (tertiary/aromatic N) is 1. The molecule has 0 aromatic heterocycles. The SMILES string of the molecule is CC(N)CCCNS(=O)(=O)N1CCCCC1C. The molecule has 0 aliphatic carbocycles. The highest BCUT2D eigenvalue weighted by Gasteiger charge is 2.28. The zero-order valence-corrected chi connectivity index (χ0v) is 11.7. The topological polar surface area (TPSA) is 75.4 Å². The van der Waals surface area contributed by atoms with E-state index >= 15 is 0 Å². The molecule has 0 aromatic carbocycles. The van der Waals surface area contributed by atoms with Crippen LogP contribution < -0.4 is 10.5 Å². The van der Waals surface area contributed by atoms with Crippen molar-refractivity contribution in [2.75, 3.05) is 13.1 Å². The first-order chi connectivity index (χ1) is 7.93. The van der Waals surface area contributed by atoms with Gasteiger partial charge in [0.15, 0.2) is 0 Å². The molecule has 1 heterocycles. The van der Waals surface area contributed by atoms with Gasteiger partial charge in [-0.2, -0.15) is 12.7 Å². The quantitative estimate of drug-likeness (QED) is 0.697. The Kier molecular flexibility index (Phi) is 5.85. The number of nitrogens with one attached hydrogen (secondary N) is 1. The van der Waals surface area contributed by atoms with E-state index in [1.54, 1.807) is 4.31 Å². The van der Waals surface area contributed by atoms with Crippen molar-refractivity contribution in [3.8, 4) is 0 Å². The standard InChI is InChI=1S/C11H25N3O2S/c1-10(12)6-5-8-13-17(15,16)14-9-4-3-7-11(14)2/h10-11,13H,3-9,12H2,1-2H3. The average molecular weight is 263 g/mol. The summed E-state index contributed by atoms with van der Waals surface area (Å²) >= 11 is 0. The average Bonchev–Trinajstić information content (AvgIpc) is 2.24. The fraction of sp³-hybridized carbons (Fsp3) is 1.00. The molecule has 0 bridgehead atoms. The Morgan fingerprint density at radius 1 is 1.47 bits per heavy atom. The molecule has 5 nitrogen and oxygen atoms in total. The van der Waals surface area contributed by atoms with E-state index < -0.39 is 10.2 Å². The predicted molar refractivity (Wildman–Crippen MR) is 69.8 cm³/mol. The van der Waals surface area contributed by atoms with Gasteiger partial charge in [-0.25, -0.2) is 4.72 Å². The van der Waals surface area contributed by atoms with Crippen LogP contribution >= 0.6 is 0 Å². The van der Waals surface area contributed by atoms with Crippen molar-refractivity contribution in [1.82, 2.24) is 9.03 Å².